The van der Waals surface area contributed by atoms with Crippen LogP contribution in [0, 0.1) is 0 Å². The van der Waals surface area contributed by atoms with Gasteiger partial charge in [-0.3, -0.25) is 4.79 Å². The summed E-state index contributed by atoms with van der Waals surface area (Å²) < 4.78 is 18.9. The standard InChI is InChI=1S/C32H37N5O4Si/c1-39-24-7-9-28-26(19-24)27(32(38)34-28)17-22-5-8-25-29(18-22)37(21-41-15-16-42(2,3)4)35-31(25)23-6-10-30(33-20-23)36-11-13-40-14-12-36/h5-10,17-20H,11-16,21H2,1-4H3,(H,34,38). The number of nitrogens with zero attached hydrogens (tertiary/aromatic N) is 4. The van der Waals surface area contributed by atoms with Crippen molar-refractivity contribution in [2.45, 2.75) is 32.4 Å². The van der Waals surface area contributed by atoms with Gasteiger partial charge in [0.25, 0.3) is 5.91 Å². The maximum atomic E-state index is 12.9. The van der Waals surface area contributed by atoms with Gasteiger partial charge in [-0.25, -0.2) is 9.67 Å². The first-order valence-corrected chi connectivity index (χ1v) is 18.1. The lowest BCUT2D eigenvalue weighted by atomic mass is 10.0. The maximum Gasteiger partial charge on any atom is 0.256 e. The van der Waals surface area contributed by atoms with E-state index in [2.05, 4.69) is 54.1 Å². The van der Waals surface area contributed by atoms with E-state index in [-0.39, 0.29) is 5.91 Å². The fourth-order valence-corrected chi connectivity index (χ4v) is 5.99. The predicted octanol–water partition coefficient (Wildman–Crippen LogP) is 5.75. The zero-order valence-corrected chi connectivity index (χ0v) is 25.6. The molecule has 2 aliphatic heterocycles. The van der Waals surface area contributed by atoms with E-state index >= 15 is 0 Å². The second-order valence-corrected chi connectivity index (χ2v) is 17.5. The lowest BCUT2D eigenvalue weighted by Crippen LogP contribution is -2.36. The Hall–Kier alpha value is -3.99. The molecule has 2 aromatic heterocycles. The number of nitrogens with one attached hydrogen (secondary N) is 1. The summed E-state index contributed by atoms with van der Waals surface area (Å²) in [5, 5.41) is 8.95. The normalized spacial score (nSPS) is 16.2. The molecule has 9 nitrogen and oxygen atoms in total. The van der Waals surface area contributed by atoms with Gasteiger partial charge < -0.3 is 24.4 Å². The topological polar surface area (TPSA) is 90.7 Å². The Morgan fingerprint density at radius 3 is 2.64 bits per heavy atom. The van der Waals surface area contributed by atoms with E-state index in [1.165, 1.54) is 0 Å². The van der Waals surface area contributed by atoms with Crippen LogP contribution in [0.25, 0.3) is 33.8 Å². The van der Waals surface area contributed by atoms with Crippen LogP contribution in [0.5, 0.6) is 5.75 Å². The number of methoxy groups -OCH3 is 1. The molecule has 0 spiro atoms. The highest BCUT2D eigenvalue weighted by atomic mass is 28.3. The smallest absolute Gasteiger partial charge is 0.256 e. The average molecular weight is 584 g/mol. The van der Waals surface area contributed by atoms with E-state index in [9.17, 15) is 4.79 Å². The number of aromatic nitrogens is 3. The molecule has 4 aromatic rings. The Kier molecular flexibility index (Phi) is 7.85. The highest BCUT2D eigenvalue weighted by Crippen LogP contribution is 2.36. The van der Waals surface area contributed by atoms with Gasteiger partial charge in [0.2, 0.25) is 0 Å². The van der Waals surface area contributed by atoms with Crippen molar-refractivity contribution in [3.05, 3.63) is 65.9 Å². The van der Waals surface area contributed by atoms with Crippen molar-refractivity contribution in [3.8, 4) is 17.0 Å². The van der Waals surface area contributed by atoms with Crippen molar-refractivity contribution in [2.24, 2.45) is 0 Å². The summed E-state index contributed by atoms with van der Waals surface area (Å²) in [7, 11) is 0.406. The van der Waals surface area contributed by atoms with Crippen molar-refractivity contribution in [3.63, 3.8) is 0 Å². The van der Waals surface area contributed by atoms with Crippen molar-refractivity contribution in [1.82, 2.24) is 14.8 Å². The van der Waals surface area contributed by atoms with Gasteiger partial charge in [0.1, 0.15) is 24.0 Å². The number of fused-ring (bicyclic) bond motifs is 2. The molecule has 0 atom stereocenters. The van der Waals surface area contributed by atoms with Gasteiger partial charge >= 0.3 is 0 Å². The molecule has 42 heavy (non-hydrogen) atoms. The number of hydrogen-bond donors (Lipinski definition) is 1. The molecule has 0 aliphatic carbocycles. The summed E-state index contributed by atoms with van der Waals surface area (Å²) >= 11 is 0. The monoisotopic (exact) mass is 583 g/mol. The molecular formula is C32H37N5O4Si. The largest absolute Gasteiger partial charge is 0.497 e. The molecule has 6 rings (SSSR count). The number of carbonyl (C=O) groups is 1. The molecule has 2 aliphatic rings. The quantitative estimate of drug-likeness (QED) is 0.152. The number of rotatable bonds is 9. The zero-order valence-electron chi connectivity index (χ0n) is 24.6. The van der Waals surface area contributed by atoms with E-state index in [0.29, 0.717) is 24.7 Å². The fourth-order valence-electron chi connectivity index (χ4n) is 5.23. The van der Waals surface area contributed by atoms with E-state index in [1.807, 2.05) is 41.2 Å². The van der Waals surface area contributed by atoms with E-state index in [0.717, 1.165) is 77.1 Å². The molecule has 10 heteroatoms. The Labute approximate surface area is 247 Å². The van der Waals surface area contributed by atoms with Gasteiger partial charge in [0, 0.05) is 61.7 Å². The van der Waals surface area contributed by atoms with E-state index in [1.54, 1.807) is 7.11 Å². The van der Waals surface area contributed by atoms with E-state index in [4.69, 9.17) is 24.3 Å². The number of benzene rings is 2. The van der Waals surface area contributed by atoms with Crippen LogP contribution in [-0.4, -0.2) is 68.8 Å². The molecule has 0 saturated carbocycles. The van der Waals surface area contributed by atoms with Crippen LogP contribution in [0.15, 0.2) is 54.7 Å². The third kappa shape index (κ3) is 5.97. The predicted molar refractivity (Wildman–Crippen MR) is 170 cm³/mol. The number of pyridine rings is 1. The number of anilines is 2. The third-order valence-electron chi connectivity index (χ3n) is 7.66. The SMILES string of the molecule is COc1ccc2c(c1)C(=Cc1ccc3c(-c4ccc(N5CCOCC5)nc4)nn(COCC[Si](C)(C)C)c3c1)C(=O)N2. The molecule has 1 amide bonds. The van der Waals surface area contributed by atoms with Crippen LogP contribution < -0.4 is 15.0 Å². The molecule has 2 aromatic carbocycles. The molecule has 0 bridgehead atoms. The highest BCUT2D eigenvalue weighted by molar-refractivity contribution is 6.76. The number of carbonyl (C=O) groups excluding carboxylic acids is 1. The molecule has 1 fully saturated rings. The summed E-state index contributed by atoms with van der Waals surface area (Å²) in [6, 6.07) is 17.0. The minimum Gasteiger partial charge on any atom is -0.497 e. The Morgan fingerprint density at radius 1 is 1.07 bits per heavy atom. The van der Waals surface area contributed by atoms with Crippen LogP contribution in [0.3, 0.4) is 0 Å². The van der Waals surface area contributed by atoms with Gasteiger partial charge in [-0.15, -0.1) is 0 Å². The Morgan fingerprint density at radius 2 is 1.90 bits per heavy atom. The number of morpholine rings is 1. The van der Waals surface area contributed by atoms with Gasteiger partial charge in [-0.05, 0) is 60.1 Å². The molecule has 1 N–H and O–H groups in total. The highest BCUT2D eigenvalue weighted by Gasteiger charge is 2.25. The molecule has 1 saturated heterocycles. The second kappa shape index (κ2) is 11.7. The van der Waals surface area contributed by atoms with Gasteiger partial charge in [-0.1, -0.05) is 25.7 Å². The molecule has 4 heterocycles. The fraction of sp³-hybridized carbons (Fsp3) is 0.344. The van der Waals surface area contributed by atoms with Crippen LogP contribution in [0.1, 0.15) is 11.1 Å². The zero-order chi connectivity index (χ0) is 29.3. The first-order chi connectivity index (χ1) is 20.3. The second-order valence-electron chi connectivity index (χ2n) is 11.9. The van der Waals surface area contributed by atoms with Crippen molar-refractivity contribution in [1.29, 1.82) is 0 Å². The Balaban J connectivity index is 1.35. The lowest BCUT2D eigenvalue weighted by Gasteiger charge is -2.27. The third-order valence-corrected chi connectivity index (χ3v) is 9.37. The summed E-state index contributed by atoms with van der Waals surface area (Å²) in [5.41, 5.74) is 5.85. The van der Waals surface area contributed by atoms with Crippen LogP contribution >= 0.6 is 0 Å². The van der Waals surface area contributed by atoms with Crippen LogP contribution in [-0.2, 0) is 21.0 Å². The first-order valence-electron chi connectivity index (χ1n) is 14.4. The Bertz CT molecular complexity index is 1640. The molecular weight excluding hydrogens is 546 g/mol. The summed E-state index contributed by atoms with van der Waals surface area (Å²) in [6.45, 7) is 11.2. The van der Waals surface area contributed by atoms with Gasteiger partial charge in [0.15, 0.2) is 0 Å². The van der Waals surface area contributed by atoms with Crippen LogP contribution in [0.2, 0.25) is 25.7 Å². The van der Waals surface area contributed by atoms with Gasteiger partial charge in [-0.2, -0.15) is 5.10 Å². The van der Waals surface area contributed by atoms with Gasteiger partial charge in [0.05, 0.1) is 25.8 Å². The van der Waals surface area contributed by atoms with Crippen molar-refractivity contribution >= 4 is 48.0 Å². The minimum absolute atomic E-state index is 0.131. The minimum atomic E-state index is -1.22. The summed E-state index contributed by atoms with van der Waals surface area (Å²) in [6.07, 6.45) is 3.81. The van der Waals surface area contributed by atoms with E-state index < -0.39 is 8.07 Å². The number of amides is 1. The summed E-state index contributed by atoms with van der Waals surface area (Å²) in [4.78, 5) is 19.9. The molecule has 0 unspecified atom stereocenters. The average Bonchev–Trinajstić information content (AvgIpc) is 3.51. The first kappa shape index (κ1) is 28.1. The lowest BCUT2D eigenvalue weighted by molar-refractivity contribution is -0.110. The van der Waals surface area contributed by atoms with Crippen molar-refractivity contribution < 1.29 is 19.0 Å². The molecule has 0 radical (unpaired) electrons. The summed E-state index contributed by atoms with van der Waals surface area (Å²) in [5.74, 6) is 1.52. The van der Waals surface area contributed by atoms with Crippen LogP contribution in [0.4, 0.5) is 11.5 Å². The van der Waals surface area contributed by atoms with Crippen molar-refractivity contribution in [2.75, 3.05) is 50.2 Å². The maximum absolute atomic E-state index is 12.9. The number of hydrogen-bond acceptors (Lipinski definition) is 7. The molecule has 218 valence electrons. The number of ether oxygens (including phenoxy) is 3.